The lowest BCUT2D eigenvalue weighted by Gasteiger charge is -2.10. The summed E-state index contributed by atoms with van der Waals surface area (Å²) in [5.41, 5.74) is 1.90. The first-order valence-electron chi connectivity index (χ1n) is 9.95. The van der Waals surface area contributed by atoms with Crippen molar-refractivity contribution in [2.45, 2.75) is 52.4 Å². The van der Waals surface area contributed by atoms with Crippen LogP contribution in [0, 0.1) is 0 Å². The third kappa shape index (κ3) is 8.16. The summed E-state index contributed by atoms with van der Waals surface area (Å²) in [5.74, 6) is 1.30. The summed E-state index contributed by atoms with van der Waals surface area (Å²) in [5, 5.41) is 2.86. The second-order valence-corrected chi connectivity index (χ2v) is 6.63. The largest absolute Gasteiger partial charge is 0.494 e. The van der Waals surface area contributed by atoms with Gasteiger partial charge in [-0.05, 0) is 42.7 Å². The van der Waals surface area contributed by atoms with E-state index in [9.17, 15) is 4.79 Å². The summed E-state index contributed by atoms with van der Waals surface area (Å²) in [4.78, 5) is 12.1. The maximum absolute atomic E-state index is 12.1. The number of hydrogen-bond donors (Lipinski definition) is 1. The third-order valence-electron chi connectivity index (χ3n) is 4.31. The Labute approximate surface area is 162 Å². The van der Waals surface area contributed by atoms with Crippen LogP contribution in [0.2, 0.25) is 0 Å². The topological polar surface area (TPSA) is 47.6 Å². The standard InChI is InChI=1S/C23H31NO3/c1-3-5-6-7-8-15-26-22-14-10-12-20(17-22)24-23(25)18-27-21-13-9-11-19(4-2)16-21/h9-14,16-17H,3-8,15,18H2,1-2H3,(H,24,25). The predicted octanol–water partition coefficient (Wildman–Crippen LogP) is 5.62. The molecule has 0 aliphatic rings. The minimum atomic E-state index is -0.186. The van der Waals surface area contributed by atoms with Crippen molar-refractivity contribution in [3.63, 3.8) is 0 Å². The number of amides is 1. The fourth-order valence-corrected chi connectivity index (χ4v) is 2.76. The Hall–Kier alpha value is -2.49. The molecule has 0 radical (unpaired) electrons. The molecule has 0 aliphatic heterocycles. The van der Waals surface area contributed by atoms with E-state index >= 15 is 0 Å². The number of unbranched alkanes of at least 4 members (excludes halogenated alkanes) is 4. The van der Waals surface area contributed by atoms with Gasteiger partial charge in [0.1, 0.15) is 11.5 Å². The van der Waals surface area contributed by atoms with Crippen molar-refractivity contribution in [1.29, 1.82) is 0 Å². The maximum Gasteiger partial charge on any atom is 0.262 e. The van der Waals surface area contributed by atoms with Crippen LogP contribution in [0.25, 0.3) is 0 Å². The van der Waals surface area contributed by atoms with E-state index in [1.165, 1.54) is 31.2 Å². The maximum atomic E-state index is 12.1. The highest BCUT2D eigenvalue weighted by Gasteiger charge is 2.05. The minimum Gasteiger partial charge on any atom is -0.494 e. The van der Waals surface area contributed by atoms with Crippen LogP contribution in [0.4, 0.5) is 5.69 Å². The molecule has 2 aromatic carbocycles. The Bertz CT molecular complexity index is 700. The molecule has 0 bridgehead atoms. The lowest BCUT2D eigenvalue weighted by atomic mass is 10.2. The van der Waals surface area contributed by atoms with Crippen LogP contribution >= 0.6 is 0 Å². The van der Waals surface area contributed by atoms with Gasteiger partial charge in [0, 0.05) is 11.8 Å². The highest BCUT2D eigenvalue weighted by atomic mass is 16.5. The number of carbonyl (C=O) groups is 1. The van der Waals surface area contributed by atoms with Crippen molar-refractivity contribution in [3.05, 3.63) is 54.1 Å². The van der Waals surface area contributed by atoms with E-state index in [-0.39, 0.29) is 12.5 Å². The smallest absolute Gasteiger partial charge is 0.262 e. The molecule has 0 spiro atoms. The van der Waals surface area contributed by atoms with Crippen molar-refractivity contribution in [2.75, 3.05) is 18.5 Å². The fraction of sp³-hybridized carbons (Fsp3) is 0.435. The number of hydrogen-bond acceptors (Lipinski definition) is 3. The van der Waals surface area contributed by atoms with Crippen LogP contribution in [0.3, 0.4) is 0 Å². The Morgan fingerprint density at radius 3 is 2.41 bits per heavy atom. The molecule has 0 heterocycles. The number of carbonyl (C=O) groups excluding carboxylic acids is 1. The molecule has 4 heteroatoms. The molecule has 0 atom stereocenters. The minimum absolute atomic E-state index is 0.0182. The van der Waals surface area contributed by atoms with E-state index < -0.39 is 0 Å². The monoisotopic (exact) mass is 369 g/mol. The summed E-state index contributed by atoms with van der Waals surface area (Å²) in [6.45, 7) is 4.99. The van der Waals surface area contributed by atoms with Crippen LogP contribution < -0.4 is 14.8 Å². The molecular weight excluding hydrogens is 338 g/mol. The number of nitrogens with one attached hydrogen (secondary N) is 1. The van der Waals surface area contributed by atoms with Gasteiger partial charge in [0.05, 0.1) is 6.61 Å². The first-order chi connectivity index (χ1) is 13.2. The summed E-state index contributed by atoms with van der Waals surface area (Å²) >= 11 is 0. The Balaban J connectivity index is 1.74. The van der Waals surface area contributed by atoms with Gasteiger partial charge in [-0.3, -0.25) is 4.79 Å². The predicted molar refractivity (Wildman–Crippen MR) is 111 cm³/mol. The van der Waals surface area contributed by atoms with Crippen LogP contribution in [-0.4, -0.2) is 19.1 Å². The van der Waals surface area contributed by atoms with Crippen LogP contribution in [0.15, 0.2) is 48.5 Å². The van der Waals surface area contributed by atoms with Crippen molar-refractivity contribution in [2.24, 2.45) is 0 Å². The van der Waals surface area contributed by atoms with E-state index in [1.807, 2.05) is 48.5 Å². The summed E-state index contributed by atoms with van der Waals surface area (Å²) < 4.78 is 11.4. The Morgan fingerprint density at radius 1 is 0.889 bits per heavy atom. The van der Waals surface area contributed by atoms with Crippen LogP contribution in [0.5, 0.6) is 11.5 Å². The van der Waals surface area contributed by atoms with Gasteiger partial charge in [-0.1, -0.05) is 57.7 Å². The number of rotatable bonds is 12. The normalized spacial score (nSPS) is 10.4. The molecule has 2 aromatic rings. The molecule has 2 rings (SSSR count). The van der Waals surface area contributed by atoms with Gasteiger partial charge in [-0.2, -0.15) is 0 Å². The summed E-state index contributed by atoms with van der Waals surface area (Å²) in [7, 11) is 0. The second-order valence-electron chi connectivity index (χ2n) is 6.63. The Kier molecular flexibility index (Phi) is 9.25. The third-order valence-corrected chi connectivity index (χ3v) is 4.31. The molecule has 4 nitrogen and oxygen atoms in total. The van der Waals surface area contributed by atoms with Gasteiger partial charge in [0.25, 0.3) is 5.91 Å². The van der Waals surface area contributed by atoms with Gasteiger partial charge >= 0.3 is 0 Å². The lowest BCUT2D eigenvalue weighted by molar-refractivity contribution is -0.118. The van der Waals surface area contributed by atoms with Gasteiger partial charge in [0.2, 0.25) is 0 Å². The van der Waals surface area contributed by atoms with E-state index in [4.69, 9.17) is 9.47 Å². The summed E-state index contributed by atoms with van der Waals surface area (Å²) in [6.07, 6.45) is 6.98. The highest BCUT2D eigenvalue weighted by molar-refractivity contribution is 5.92. The summed E-state index contributed by atoms with van der Waals surface area (Å²) in [6, 6.07) is 15.3. The van der Waals surface area contributed by atoms with E-state index in [1.54, 1.807) is 0 Å². The molecular formula is C23H31NO3. The molecule has 146 valence electrons. The van der Waals surface area contributed by atoms with E-state index in [2.05, 4.69) is 19.2 Å². The van der Waals surface area contributed by atoms with Gasteiger partial charge in [0.15, 0.2) is 6.61 Å². The number of anilines is 1. The van der Waals surface area contributed by atoms with Gasteiger partial charge in [-0.25, -0.2) is 0 Å². The van der Waals surface area contributed by atoms with Crippen molar-refractivity contribution < 1.29 is 14.3 Å². The molecule has 1 amide bonds. The molecule has 0 aromatic heterocycles. The number of benzene rings is 2. The molecule has 0 saturated carbocycles. The van der Waals surface area contributed by atoms with Gasteiger partial charge in [-0.15, -0.1) is 0 Å². The molecule has 0 aliphatic carbocycles. The molecule has 0 fully saturated rings. The van der Waals surface area contributed by atoms with Crippen molar-refractivity contribution in [3.8, 4) is 11.5 Å². The first-order valence-corrected chi connectivity index (χ1v) is 9.95. The molecule has 27 heavy (non-hydrogen) atoms. The zero-order chi connectivity index (χ0) is 19.3. The zero-order valence-electron chi connectivity index (χ0n) is 16.5. The highest BCUT2D eigenvalue weighted by Crippen LogP contribution is 2.18. The zero-order valence-corrected chi connectivity index (χ0v) is 16.5. The average molecular weight is 370 g/mol. The van der Waals surface area contributed by atoms with E-state index in [0.29, 0.717) is 12.4 Å². The molecule has 0 unspecified atom stereocenters. The fourth-order valence-electron chi connectivity index (χ4n) is 2.76. The SMILES string of the molecule is CCCCCCCOc1cccc(NC(=O)COc2cccc(CC)c2)c1. The quantitative estimate of drug-likeness (QED) is 0.494. The van der Waals surface area contributed by atoms with Crippen LogP contribution in [-0.2, 0) is 11.2 Å². The average Bonchev–Trinajstić information content (AvgIpc) is 2.69. The second kappa shape index (κ2) is 12.0. The van der Waals surface area contributed by atoms with Crippen molar-refractivity contribution >= 4 is 11.6 Å². The molecule has 1 N–H and O–H groups in total. The number of ether oxygens (including phenoxy) is 2. The van der Waals surface area contributed by atoms with Crippen LogP contribution in [0.1, 0.15) is 51.5 Å². The van der Waals surface area contributed by atoms with Crippen molar-refractivity contribution in [1.82, 2.24) is 0 Å². The lowest BCUT2D eigenvalue weighted by Crippen LogP contribution is -2.20. The first kappa shape index (κ1) is 20.8. The molecule has 0 saturated heterocycles. The number of aryl methyl sites for hydroxylation is 1. The van der Waals surface area contributed by atoms with Gasteiger partial charge < -0.3 is 14.8 Å². The van der Waals surface area contributed by atoms with E-state index in [0.717, 1.165) is 24.3 Å². The Morgan fingerprint density at radius 2 is 1.63 bits per heavy atom.